The van der Waals surface area contributed by atoms with Crippen LogP contribution in [0.2, 0.25) is 0 Å². The van der Waals surface area contributed by atoms with Crippen LogP contribution in [-0.2, 0) is 4.79 Å². The van der Waals surface area contributed by atoms with Crippen molar-refractivity contribution in [2.24, 2.45) is 5.73 Å². The molecule has 0 fully saturated rings. The average molecular weight is 266 g/mol. The number of nitrogens with two attached hydrogens (primary N) is 1. The number of hydrogen-bond donors (Lipinski definition) is 1. The lowest BCUT2D eigenvalue weighted by atomic mass is 10.0. The van der Waals surface area contributed by atoms with Crippen LogP contribution in [0.3, 0.4) is 0 Å². The first kappa shape index (κ1) is 12.4. The van der Waals surface area contributed by atoms with Crippen LogP contribution < -0.4 is 10.6 Å². The maximum atomic E-state index is 12.5. The Morgan fingerprint density at radius 3 is 2.60 bits per heavy atom. The van der Waals surface area contributed by atoms with Crippen LogP contribution in [0.25, 0.3) is 0 Å². The highest BCUT2D eigenvalue weighted by Crippen LogP contribution is 2.37. The number of aryl methyl sites for hydroxylation is 1. The lowest BCUT2D eigenvalue weighted by molar-refractivity contribution is -0.119. The van der Waals surface area contributed by atoms with Crippen molar-refractivity contribution in [1.29, 1.82) is 0 Å². The molecule has 1 aliphatic rings. The van der Waals surface area contributed by atoms with Crippen LogP contribution in [0.5, 0.6) is 0 Å². The summed E-state index contributed by atoms with van der Waals surface area (Å²) in [6.45, 7) is 1.94. The molecule has 0 saturated heterocycles. The highest BCUT2D eigenvalue weighted by Gasteiger charge is 2.40. The maximum Gasteiger partial charge on any atom is 0.259 e. The number of benzene rings is 2. The molecular weight excluding hydrogens is 252 g/mol. The van der Waals surface area contributed by atoms with E-state index in [1.165, 1.54) is 4.90 Å². The first-order valence-corrected chi connectivity index (χ1v) is 6.38. The van der Waals surface area contributed by atoms with Gasteiger partial charge in [-0.2, -0.15) is 0 Å². The number of carbonyl (C=O) groups excluding carboxylic acids is 2. The van der Waals surface area contributed by atoms with Crippen LogP contribution in [0.4, 0.5) is 5.69 Å². The van der Waals surface area contributed by atoms with Crippen molar-refractivity contribution >= 4 is 17.5 Å². The Morgan fingerprint density at radius 2 is 1.90 bits per heavy atom. The SMILES string of the molecule is Cc1cccc(N2C(=O)c3ccccc3C2C(N)=O)c1. The molecule has 2 aromatic carbocycles. The van der Waals surface area contributed by atoms with E-state index in [0.717, 1.165) is 5.56 Å². The molecule has 100 valence electrons. The van der Waals surface area contributed by atoms with E-state index in [0.29, 0.717) is 16.8 Å². The molecule has 1 atom stereocenters. The van der Waals surface area contributed by atoms with Crippen molar-refractivity contribution in [3.05, 3.63) is 65.2 Å². The Bertz CT molecular complexity index is 709. The second kappa shape index (κ2) is 4.49. The highest BCUT2D eigenvalue weighted by atomic mass is 16.2. The van der Waals surface area contributed by atoms with Gasteiger partial charge in [-0.3, -0.25) is 14.5 Å². The van der Waals surface area contributed by atoms with E-state index in [4.69, 9.17) is 5.73 Å². The summed E-state index contributed by atoms with van der Waals surface area (Å²) in [6, 6.07) is 13.8. The smallest absolute Gasteiger partial charge is 0.259 e. The van der Waals surface area contributed by atoms with Crippen LogP contribution in [-0.4, -0.2) is 11.8 Å². The summed E-state index contributed by atoms with van der Waals surface area (Å²) in [5.74, 6) is -0.709. The Labute approximate surface area is 116 Å². The van der Waals surface area contributed by atoms with Gasteiger partial charge in [0.1, 0.15) is 6.04 Å². The third-order valence-electron chi connectivity index (χ3n) is 3.51. The molecule has 2 amide bonds. The van der Waals surface area contributed by atoms with E-state index in [1.807, 2.05) is 37.3 Å². The van der Waals surface area contributed by atoms with Crippen molar-refractivity contribution in [3.8, 4) is 0 Å². The monoisotopic (exact) mass is 266 g/mol. The summed E-state index contributed by atoms with van der Waals surface area (Å²) in [4.78, 5) is 25.8. The van der Waals surface area contributed by atoms with E-state index in [2.05, 4.69) is 0 Å². The summed E-state index contributed by atoms with van der Waals surface area (Å²) in [7, 11) is 0. The molecule has 1 aliphatic heterocycles. The zero-order valence-corrected chi connectivity index (χ0v) is 11.0. The molecule has 0 saturated carbocycles. The van der Waals surface area contributed by atoms with E-state index >= 15 is 0 Å². The second-order valence-corrected chi connectivity index (χ2v) is 4.91. The average Bonchev–Trinajstić information content (AvgIpc) is 2.73. The standard InChI is InChI=1S/C16H14N2O2/c1-10-5-4-6-11(9-10)18-14(15(17)19)12-7-2-3-8-13(12)16(18)20/h2-9,14H,1H3,(H2,17,19). The van der Waals surface area contributed by atoms with Gasteiger partial charge >= 0.3 is 0 Å². The van der Waals surface area contributed by atoms with Gasteiger partial charge in [-0.15, -0.1) is 0 Å². The first-order chi connectivity index (χ1) is 9.59. The topological polar surface area (TPSA) is 63.4 Å². The molecule has 0 aliphatic carbocycles. The number of primary amides is 1. The molecule has 1 unspecified atom stereocenters. The molecule has 0 bridgehead atoms. The molecule has 0 aromatic heterocycles. The molecule has 4 heteroatoms. The van der Waals surface area contributed by atoms with E-state index < -0.39 is 11.9 Å². The zero-order valence-electron chi connectivity index (χ0n) is 11.0. The van der Waals surface area contributed by atoms with Gasteiger partial charge in [0.05, 0.1) is 0 Å². The molecule has 0 radical (unpaired) electrons. The predicted octanol–water partition coefficient (Wildman–Crippen LogP) is 2.18. The fourth-order valence-corrected chi connectivity index (χ4v) is 2.64. The van der Waals surface area contributed by atoms with Gasteiger partial charge in [0.15, 0.2) is 0 Å². The zero-order chi connectivity index (χ0) is 14.3. The third kappa shape index (κ3) is 1.77. The Kier molecular flexibility index (Phi) is 2.79. The Hall–Kier alpha value is -2.62. The fourth-order valence-electron chi connectivity index (χ4n) is 2.64. The largest absolute Gasteiger partial charge is 0.368 e. The quantitative estimate of drug-likeness (QED) is 0.905. The lowest BCUT2D eigenvalue weighted by Gasteiger charge is -2.23. The van der Waals surface area contributed by atoms with Crippen LogP contribution in [0.1, 0.15) is 27.5 Å². The number of carbonyl (C=O) groups is 2. The summed E-state index contributed by atoms with van der Waals surface area (Å²) >= 11 is 0. The molecule has 20 heavy (non-hydrogen) atoms. The first-order valence-electron chi connectivity index (χ1n) is 6.38. The van der Waals surface area contributed by atoms with Gasteiger partial charge in [0.25, 0.3) is 5.91 Å². The number of rotatable bonds is 2. The van der Waals surface area contributed by atoms with Crippen molar-refractivity contribution in [2.45, 2.75) is 13.0 Å². The third-order valence-corrected chi connectivity index (χ3v) is 3.51. The Morgan fingerprint density at radius 1 is 1.15 bits per heavy atom. The molecule has 2 aromatic rings. The van der Waals surface area contributed by atoms with Crippen LogP contribution in [0, 0.1) is 6.92 Å². The molecule has 4 nitrogen and oxygen atoms in total. The number of amides is 2. The minimum atomic E-state index is -0.736. The number of nitrogens with zero attached hydrogens (tertiary/aromatic N) is 1. The van der Waals surface area contributed by atoms with Gasteiger partial charge in [-0.1, -0.05) is 30.3 Å². The van der Waals surface area contributed by atoms with Gasteiger partial charge in [0.2, 0.25) is 5.91 Å². The maximum absolute atomic E-state index is 12.5. The van der Waals surface area contributed by atoms with Gasteiger partial charge in [-0.05, 0) is 36.2 Å². The fraction of sp³-hybridized carbons (Fsp3) is 0.125. The minimum absolute atomic E-state index is 0.185. The molecule has 2 N–H and O–H groups in total. The molecule has 1 heterocycles. The van der Waals surface area contributed by atoms with Crippen molar-refractivity contribution in [3.63, 3.8) is 0 Å². The van der Waals surface area contributed by atoms with Gasteiger partial charge < -0.3 is 5.73 Å². The normalized spacial score (nSPS) is 17.1. The summed E-state index contributed by atoms with van der Waals surface area (Å²) < 4.78 is 0. The van der Waals surface area contributed by atoms with Crippen molar-refractivity contribution < 1.29 is 9.59 Å². The predicted molar refractivity (Wildman–Crippen MR) is 76.4 cm³/mol. The lowest BCUT2D eigenvalue weighted by Crippen LogP contribution is -2.36. The van der Waals surface area contributed by atoms with E-state index in [9.17, 15) is 9.59 Å². The number of fused-ring (bicyclic) bond motifs is 1. The minimum Gasteiger partial charge on any atom is -0.368 e. The van der Waals surface area contributed by atoms with Crippen LogP contribution >= 0.6 is 0 Å². The van der Waals surface area contributed by atoms with Crippen molar-refractivity contribution in [2.75, 3.05) is 4.90 Å². The van der Waals surface area contributed by atoms with Gasteiger partial charge in [-0.25, -0.2) is 0 Å². The highest BCUT2D eigenvalue weighted by molar-refractivity contribution is 6.15. The molecule has 3 rings (SSSR count). The van der Waals surface area contributed by atoms with Crippen LogP contribution in [0.15, 0.2) is 48.5 Å². The van der Waals surface area contributed by atoms with Crippen molar-refractivity contribution in [1.82, 2.24) is 0 Å². The molecular formula is C16H14N2O2. The second-order valence-electron chi connectivity index (χ2n) is 4.91. The summed E-state index contributed by atoms with van der Waals surface area (Å²) in [6.07, 6.45) is 0. The number of hydrogen-bond acceptors (Lipinski definition) is 2. The van der Waals surface area contributed by atoms with E-state index in [1.54, 1.807) is 18.2 Å². The molecule has 0 spiro atoms. The number of anilines is 1. The van der Waals surface area contributed by atoms with E-state index in [-0.39, 0.29) is 5.91 Å². The summed E-state index contributed by atoms with van der Waals surface area (Å²) in [5.41, 5.74) is 8.43. The summed E-state index contributed by atoms with van der Waals surface area (Å²) in [5, 5.41) is 0. The van der Waals surface area contributed by atoms with Gasteiger partial charge in [0, 0.05) is 11.3 Å². The Balaban J connectivity index is 2.17.